The van der Waals surface area contributed by atoms with Gasteiger partial charge in [0.05, 0.1) is 19.6 Å². The molecule has 2 N–H and O–H groups in total. The van der Waals surface area contributed by atoms with E-state index in [0.29, 0.717) is 41.5 Å². The van der Waals surface area contributed by atoms with Crippen molar-refractivity contribution in [2.75, 3.05) is 18.5 Å². The summed E-state index contributed by atoms with van der Waals surface area (Å²) < 4.78 is 11.3. The maximum Gasteiger partial charge on any atom is 0.307 e. The molecule has 0 saturated carbocycles. The molecule has 0 aliphatic heterocycles. The normalized spacial score (nSPS) is 10.3. The van der Waals surface area contributed by atoms with Crippen LogP contribution in [0.1, 0.15) is 42.6 Å². The molecule has 0 aliphatic rings. The summed E-state index contributed by atoms with van der Waals surface area (Å²) in [7, 11) is 0. The molecule has 6 nitrogen and oxygen atoms in total. The number of unbranched alkanes of at least 4 members (excludes halogenated alkanes) is 1. The van der Waals surface area contributed by atoms with Gasteiger partial charge in [-0.15, -0.1) is 0 Å². The van der Waals surface area contributed by atoms with Crippen molar-refractivity contribution in [2.24, 2.45) is 0 Å². The second-order valence-electron chi connectivity index (χ2n) is 6.02. The van der Waals surface area contributed by atoms with Gasteiger partial charge in [0, 0.05) is 11.3 Å². The van der Waals surface area contributed by atoms with E-state index in [0.717, 1.165) is 12.8 Å². The van der Waals surface area contributed by atoms with Crippen LogP contribution in [0.2, 0.25) is 0 Å². The smallest absolute Gasteiger partial charge is 0.307 e. The zero-order chi connectivity index (χ0) is 19.6. The molecule has 2 aromatic carbocycles. The summed E-state index contributed by atoms with van der Waals surface area (Å²) in [6.07, 6.45) is 1.88. The SMILES string of the molecule is CCCCOc1ccc(C(=O)Nc2cccc(CC(=O)O)c2)cc1OCC. The molecule has 0 heterocycles. The van der Waals surface area contributed by atoms with E-state index in [1.165, 1.54) is 0 Å². The molecule has 0 spiro atoms. The van der Waals surface area contributed by atoms with E-state index in [4.69, 9.17) is 14.6 Å². The van der Waals surface area contributed by atoms with E-state index in [9.17, 15) is 9.59 Å². The Hall–Kier alpha value is -3.02. The Morgan fingerprint density at radius 1 is 1.04 bits per heavy atom. The van der Waals surface area contributed by atoms with Crippen molar-refractivity contribution in [1.82, 2.24) is 0 Å². The minimum Gasteiger partial charge on any atom is -0.490 e. The van der Waals surface area contributed by atoms with Crippen molar-refractivity contribution in [2.45, 2.75) is 33.1 Å². The molecule has 0 bridgehead atoms. The minimum atomic E-state index is -0.918. The molecular formula is C21H25NO5. The second-order valence-corrected chi connectivity index (χ2v) is 6.02. The predicted molar refractivity (Wildman–Crippen MR) is 104 cm³/mol. The lowest BCUT2D eigenvalue weighted by molar-refractivity contribution is -0.136. The summed E-state index contributed by atoms with van der Waals surface area (Å²) in [5.41, 5.74) is 1.60. The fourth-order valence-electron chi connectivity index (χ4n) is 2.50. The summed E-state index contributed by atoms with van der Waals surface area (Å²) in [6, 6.07) is 11.9. The topological polar surface area (TPSA) is 84.9 Å². The summed E-state index contributed by atoms with van der Waals surface area (Å²) in [5.74, 6) is -0.0757. The highest BCUT2D eigenvalue weighted by Gasteiger charge is 2.12. The number of carbonyl (C=O) groups excluding carboxylic acids is 1. The third-order valence-electron chi connectivity index (χ3n) is 3.80. The highest BCUT2D eigenvalue weighted by atomic mass is 16.5. The Kier molecular flexibility index (Phi) is 7.67. The first-order valence-corrected chi connectivity index (χ1v) is 9.05. The van der Waals surface area contributed by atoms with E-state index in [2.05, 4.69) is 12.2 Å². The number of ether oxygens (including phenoxy) is 2. The van der Waals surface area contributed by atoms with Gasteiger partial charge in [-0.3, -0.25) is 9.59 Å². The molecule has 0 unspecified atom stereocenters. The molecule has 0 aliphatic carbocycles. The van der Waals surface area contributed by atoms with Gasteiger partial charge in [0.2, 0.25) is 0 Å². The van der Waals surface area contributed by atoms with Gasteiger partial charge < -0.3 is 19.9 Å². The number of carboxylic acids is 1. The molecule has 6 heteroatoms. The van der Waals surface area contributed by atoms with Crippen LogP contribution in [0.25, 0.3) is 0 Å². The average molecular weight is 371 g/mol. The molecule has 0 saturated heterocycles. The van der Waals surface area contributed by atoms with Crippen LogP contribution in [0.3, 0.4) is 0 Å². The van der Waals surface area contributed by atoms with E-state index >= 15 is 0 Å². The predicted octanol–water partition coefficient (Wildman–Crippen LogP) is 4.14. The van der Waals surface area contributed by atoms with E-state index in [1.54, 1.807) is 42.5 Å². The van der Waals surface area contributed by atoms with Crippen LogP contribution in [0.4, 0.5) is 5.69 Å². The van der Waals surface area contributed by atoms with Crippen molar-refractivity contribution in [3.05, 3.63) is 53.6 Å². The largest absolute Gasteiger partial charge is 0.490 e. The zero-order valence-corrected chi connectivity index (χ0v) is 15.7. The van der Waals surface area contributed by atoms with Gasteiger partial charge in [0.1, 0.15) is 0 Å². The lowest BCUT2D eigenvalue weighted by atomic mass is 10.1. The number of hydrogen-bond acceptors (Lipinski definition) is 4. The number of carbonyl (C=O) groups is 2. The monoisotopic (exact) mass is 371 g/mol. The number of anilines is 1. The van der Waals surface area contributed by atoms with Crippen molar-refractivity contribution in [3.8, 4) is 11.5 Å². The summed E-state index contributed by atoms with van der Waals surface area (Å²) in [4.78, 5) is 23.4. The van der Waals surface area contributed by atoms with Gasteiger partial charge in [0.15, 0.2) is 11.5 Å². The van der Waals surface area contributed by atoms with E-state index in [1.807, 2.05) is 6.92 Å². The Morgan fingerprint density at radius 3 is 2.56 bits per heavy atom. The van der Waals surface area contributed by atoms with E-state index in [-0.39, 0.29) is 12.3 Å². The number of hydrogen-bond donors (Lipinski definition) is 2. The Bertz CT molecular complexity index is 788. The maximum absolute atomic E-state index is 12.6. The van der Waals surface area contributed by atoms with Crippen LogP contribution in [0.15, 0.2) is 42.5 Å². The highest BCUT2D eigenvalue weighted by molar-refractivity contribution is 6.04. The van der Waals surface area contributed by atoms with Gasteiger partial charge in [-0.2, -0.15) is 0 Å². The first kappa shape index (κ1) is 20.3. The van der Waals surface area contributed by atoms with Gasteiger partial charge in [-0.25, -0.2) is 0 Å². The first-order chi connectivity index (χ1) is 13.0. The second kappa shape index (κ2) is 10.2. The quantitative estimate of drug-likeness (QED) is 0.613. The zero-order valence-electron chi connectivity index (χ0n) is 15.7. The number of rotatable bonds is 10. The van der Waals surface area contributed by atoms with Crippen LogP contribution in [0.5, 0.6) is 11.5 Å². The van der Waals surface area contributed by atoms with Gasteiger partial charge in [-0.1, -0.05) is 25.5 Å². The lowest BCUT2D eigenvalue weighted by Crippen LogP contribution is -2.13. The highest BCUT2D eigenvalue weighted by Crippen LogP contribution is 2.29. The summed E-state index contributed by atoms with van der Waals surface area (Å²) in [5, 5.41) is 11.7. The standard InChI is InChI=1S/C21H25NO5/c1-3-5-11-27-18-10-9-16(14-19(18)26-4-2)21(25)22-17-8-6-7-15(12-17)13-20(23)24/h6-10,12,14H,3-5,11,13H2,1-2H3,(H,22,25)(H,23,24). The Morgan fingerprint density at radius 2 is 1.85 bits per heavy atom. The van der Waals surface area contributed by atoms with Crippen molar-refractivity contribution < 1.29 is 24.2 Å². The first-order valence-electron chi connectivity index (χ1n) is 9.05. The molecular weight excluding hydrogens is 346 g/mol. The molecule has 1 amide bonds. The lowest BCUT2D eigenvalue weighted by Gasteiger charge is -2.13. The van der Waals surface area contributed by atoms with Crippen LogP contribution in [-0.4, -0.2) is 30.2 Å². The Labute approximate surface area is 159 Å². The minimum absolute atomic E-state index is 0.0952. The number of carboxylic acid groups (broad SMARTS) is 1. The maximum atomic E-state index is 12.6. The fraction of sp³-hybridized carbons (Fsp3) is 0.333. The number of benzene rings is 2. The molecule has 0 fully saturated rings. The van der Waals surface area contributed by atoms with Gasteiger partial charge >= 0.3 is 5.97 Å². The number of amides is 1. The molecule has 0 radical (unpaired) electrons. The number of nitrogens with one attached hydrogen (secondary N) is 1. The fourth-order valence-corrected chi connectivity index (χ4v) is 2.50. The van der Waals surface area contributed by atoms with Crippen molar-refractivity contribution in [3.63, 3.8) is 0 Å². The third-order valence-corrected chi connectivity index (χ3v) is 3.80. The van der Waals surface area contributed by atoms with E-state index < -0.39 is 5.97 Å². The molecule has 0 atom stereocenters. The molecule has 2 aromatic rings. The summed E-state index contributed by atoms with van der Waals surface area (Å²) >= 11 is 0. The Balaban J connectivity index is 2.13. The summed E-state index contributed by atoms with van der Waals surface area (Å²) in [6.45, 7) is 5.02. The average Bonchev–Trinajstić information content (AvgIpc) is 2.63. The van der Waals surface area contributed by atoms with Crippen LogP contribution < -0.4 is 14.8 Å². The molecule has 144 valence electrons. The molecule has 0 aromatic heterocycles. The number of aliphatic carboxylic acids is 1. The van der Waals surface area contributed by atoms with Crippen LogP contribution >= 0.6 is 0 Å². The molecule has 2 rings (SSSR count). The van der Waals surface area contributed by atoms with Crippen LogP contribution in [-0.2, 0) is 11.2 Å². The molecule has 27 heavy (non-hydrogen) atoms. The van der Waals surface area contributed by atoms with Gasteiger partial charge in [-0.05, 0) is 49.2 Å². The van der Waals surface area contributed by atoms with Crippen molar-refractivity contribution in [1.29, 1.82) is 0 Å². The van der Waals surface area contributed by atoms with Gasteiger partial charge in [0.25, 0.3) is 5.91 Å². The van der Waals surface area contributed by atoms with Crippen molar-refractivity contribution >= 4 is 17.6 Å². The third kappa shape index (κ3) is 6.33. The van der Waals surface area contributed by atoms with Crippen LogP contribution in [0, 0.1) is 0 Å².